The molecule has 1 aromatic rings. The highest BCUT2D eigenvalue weighted by molar-refractivity contribution is 8.01. The fraction of sp³-hybridized carbons (Fsp3) is 0.533. The first kappa shape index (κ1) is 15.2. The summed E-state index contributed by atoms with van der Waals surface area (Å²) in [4.78, 5) is 14.3. The number of hydrogen-bond acceptors (Lipinski definition) is 4. The van der Waals surface area contributed by atoms with Crippen LogP contribution in [-0.4, -0.2) is 42.8 Å². The molecule has 2 atom stereocenters. The Bertz CT molecular complexity index is 467. The van der Waals surface area contributed by atoms with Gasteiger partial charge in [-0.2, -0.15) is 0 Å². The van der Waals surface area contributed by atoms with Crippen LogP contribution in [0.3, 0.4) is 0 Å². The zero-order valence-electron chi connectivity index (χ0n) is 12.3. The van der Waals surface area contributed by atoms with Gasteiger partial charge in [0.15, 0.2) is 0 Å². The summed E-state index contributed by atoms with van der Waals surface area (Å²) in [5.41, 5.74) is 1.08. The van der Waals surface area contributed by atoms with Gasteiger partial charge in [0.25, 0.3) is 0 Å². The van der Waals surface area contributed by atoms with Gasteiger partial charge in [-0.15, -0.1) is 11.8 Å². The van der Waals surface area contributed by atoms with E-state index in [2.05, 4.69) is 12.2 Å². The zero-order chi connectivity index (χ0) is 14.5. The SMILES string of the molecule is CCNCCN1C(=O)[C@@H](C)S[C@@H]1c1ccccc1OC. The minimum Gasteiger partial charge on any atom is -0.496 e. The van der Waals surface area contributed by atoms with Crippen molar-refractivity contribution in [2.45, 2.75) is 24.5 Å². The first-order valence-electron chi connectivity index (χ1n) is 6.98. The predicted octanol–water partition coefficient (Wildman–Crippen LogP) is 2.27. The first-order valence-corrected chi connectivity index (χ1v) is 7.93. The lowest BCUT2D eigenvalue weighted by Crippen LogP contribution is -2.36. The quantitative estimate of drug-likeness (QED) is 0.817. The summed E-state index contributed by atoms with van der Waals surface area (Å²) in [6, 6.07) is 7.94. The maximum atomic E-state index is 12.3. The third-order valence-electron chi connectivity index (χ3n) is 3.43. The van der Waals surface area contributed by atoms with E-state index in [0.717, 1.165) is 30.9 Å². The minimum absolute atomic E-state index is 0.00605. The van der Waals surface area contributed by atoms with E-state index in [1.165, 1.54) is 0 Å². The normalized spacial score (nSPS) is 22.4. The van der Waals surface area contributed by atoms with Crippen LogP contribution in [-0.2, 0) is 4.79 Å². The van der Waals surface area contributed by atoms with E-state index in [4.69, 9.17) is 4.74 Å². The maximum absolute atomic E-state index is 12.3. The second kappa shape index (κ2) is 6.99. The zero-order valence-corrected chi connectivity index (χ0v) is 13.1. The van der Waals surface area contributed by atoms with Crippen LogP contribution in [0.15, 0.2) is 24.3 Å². The molecule has 2 rings (SSSR count). The molecular weight excluding hydrogens is 272 g/mol. The Hall–Kier alpha value is -1.20. The topological polar surface area (TPSA) is 41.6 Å². The van der Waals surface area contributed by atoms with Crippen LogP contribution < -0.4 is 10.1 Å². The van der Waals surface area contributed by atoms with Gasteiger partial charge in [-0.3, -0.25) is 4.79 Å². The van der Waals surface area contributed by atoms with E-state index in [0.29, 0.717) is 0 Å². The van der Waals surface area contributed by atoms with E-state index in [1.54, 1.807) is 18.9 Å². The number of para-hydroxylation sites is 1. The van der Waals surface area contributed by atoms with Gasteiger partial charge < -0.3 is 15.0 Å². The summed E-state index contributed by atoms with van der Waals surface area (Å²) in [6.07, 6.45) is 0. The van der Waals surface area contributed by atoms with E-state index in [1.807, 2.05) is 36.1 Å². The fourth-order valence-corrected chi connectivity index (χ4v) is 3.73. The van der Waals surface area contributed by atoms with Crippen LogP contribution >= 0.6 is 11.8 Å². The van der Waals surface area contributed by atoms with Gasteiger partial charge >= 0.3 is 0 Å². The lowest BCUT2D eigenvalue weighted by molar-refractivity contribution is -0.129. The molecule has 1 aliphatic heterocycles. The number of benzene rings is 1. The van der Waals surface area contributed by atoms with Gasteiger partial charge in [-0.05, 0) is 19.5 Å². The number of hydrogen-bond donors (Lipinski definition) is 1. The van der Waals surface area contributed by atoms with Crippen LogP contribution in [0.4, 0.5) is 0 Å². The molecule has 4 nitrogen and oxygen atoms in total. The molecule has 5 heteroatoms. The number of rotatable bonds is 6. The number of nitrogens with one attached hydrogen (secondary N) is 1. The molecule has 0 saturated carbocycles. The number of nitrogens with zero attached hydrogens (tertiary/aromatic N) is 1. The van der Waals surface area contributed by atoms with Crippen LogP contribution in [0.5, 0.6) is 5.75 Å². The Labute approximate surface area is 124 Å². The van der Waals surface area contributed by atoms with Gasteiger partial charge in [0.05, 0.1) is 12.4 Å². The molecule has 1 amide bonds. The Morgan fingerprint density at radius 1 is 1.40 bits per heavy atom. The van der Waals surface area contributed by atoms with E-state index in [-0.39, 0.29) is 16.5 Å². The van der Waals surface area contributed by atoms with E-state index in [9.17, 15) is 4.79 Å². The van der Waals surface area contributed by atoms with Crippen molar-refractivity contribution in [2.75, 3.05) is 26.7 Å². The van der Waals surface area contributed by atoms with Crippen LogP contribution in [0.25, 0.3) is 0 Å². The number of carbonyl (C=O) groups excluding carboxylic acids is 1. The Balaban J connectivity index is 2.21. The van der Waals surface area contributed by atoms with E-state index >= 15 is 0 Å². The highest BCUT2D eigenvalue weighted by Gasteiger charge is 2.39. The van der Waals surface area contributed by atoms with Crippen molar-refractivity contribution in [3.63, 3.8) is 0 Å². The lowest BCUT2D eigenvalue weighted by Gasteiger charge is -2.25. The molecule has 1 aromatic carbocycles. The average molecular weight is 294 g/mol. The van der Waals surface area contributed by atoms with E-state index < -0.39 is 0 Å². The van der Waals surface area contributed by atoms with Crippen molar-refractivity contribution < 1.29 is 9.53 Å². The predicted molar refractivity (Wildman–Crippen MR) is 83.0 cm³/mol. The third kappa shape index (κ3) is 3.10. The summed E-state index contributed by atoms with van der Waals surface area (Å²) < 4.78 is 5.44. The van der Waals surface area contributed by atoms with Crippen molar-refractivity contribution in [1.29, 1.82) is 0 Å². The molecule has 1 N–H and O–H groups in total. The molecule has 0 radical (unpaired) electrons. The number of likely N-dealkylation sites (N-methyl/N-ethyl adjacent to an activating group) is 1. The molecular formula is C15H22N2O2S. The maximum Gasteiger partial charge on any atom is 0.236 e. The van der Waals surface area contributed by atoms with Crippen LogP contribution in [0.2, 0.25) is 0 Å². The van der Waals surface area contributed by atoms with Gasteiger partial charge in [-0.25, -0.2) is 0 Å². The van der Waals surface area contributed by atoms with Gasteiger partial charge in [0.1, 0.15) is 11.1 Å². The molecule has 110 valence electrons. The molecule has 1 fully saturated rings. The van der Waals surface area contributed by atoms with Crippen molar-refractivity contribution in [2.24, 2.45) is 0 Å². The molecule has 20 heavy (non-hydrogen) atoms. The Morgan fingerprint density at radius 2 is 2.15 bits per heavy atom. The van der Waals surface area contributed by atoms with Crippen molar-refractivity contribution in [3.05, 3.63) is 29.8 Å². The van der Waals surface area contributed by atoms with Crippen molar-refractivity contribution in [1.82, 2.24) is 10.2 Å². The highest BCUT2D eigenvalue weighted by Crippen LogP contribution is 2.45. The summed E-state index contributed by atoms with van der Waals surface area (Å²) >= 11 is 1.69. The van der Waals surface area contributed by atoms with Gasteiger partial charge in [0.2, 0.25) is 5.91 Å². The molecule has 0 aromatic heterocycles. The summed E-state index contributed by atoms with van der Waals surface area (Å²) in [7, 11) is 1.67. The second-order valence-electron chi connectivity index (χ2n) is 4.76. The van der Waals surface area contributed by atoms with Gasteiger partial charge in [0, 0.05) is 18.7 Å². The average Bonchev–Trinajstić information content (AvgIpc) is 2.75. The molecule has 0 aliphatic carbocycles. The third-order valence-corrected chi connectivity index (χ3v) is 4.81. The Morgan fingerprint density at radius 3 is 2.85 bits per heavy atom. The molecule has 0 spiro atoms. The molecule has 1 heterocycles. The van der Waals surface area contributed by atoms with Crippen molar-refractivity contribution >= 4 is 17.7 Å². The summed E-state index contributed by atoms with van der Waals surface area (Å²) in [5, 5.41) is 3.33. The van der Waals surface area contributed by atoms with Crippen LogP contribution in [0, 0.1) is 0 Å². The number of thioether (sulfide) groups is 1. The molecule has 1 saturated heterocycles. The largest absolute Gasteiger partial charge is 0.496 e. The molecule has 1 aliphatic rings. The van der Waals surface area contributed by atoms with Crippen molar-refractivity contribution in [3.8, 4) is 5.75 Å². The highest BCUT2D eigenvalue weighted by atomic mass is 32.2. The molecule has 0 unspecified atom stereocenters. The summed E-state index contributed by atoms with van der Waals surface area (Å²) in [6.45, 7) is 6.52. The van der Waals surface area contributed by atoms with Crippen LogP contribution in [0.1, 0.15) is 24.8 Å². The number of carbonyl (C=O) groups is 1. The number of methoxy groups -OCH3 is 1. The van der Waals surface area contributed by atoms with Gasteiger partial charge in [-0.1, -0.05) is 25.1 Å². The lowest BCUT2D eigenvalue weighted by atomic mass is 10.1. The number of amides is 1. The fourth-order valence-electron chi connectivity index (χ4n) is 2.39. The minimum atomic E-state index is 0.00605. The summed E-state index contributed by atoms with van der Waals surface area (Å²) in [5.74, 6) is 1.06. The number of ether oxygens (including phenoxy) is 1. The monoisotopic (exact) mass is 294 g/mol. The Kier molecular flexibility index (Phi) is 5.31. The smallest absolute Gasteiger partial charge is 0.236 e. The first-order chi connectivity index (χ1) is 9.69. The second-order valence-corrected chi connectivity index (χ2v) is 6.18. The molecule has 0 bridgehead atoms. The standard InChI is InChI=1S/C15H22N2O2S/c1-4-16-9-10-17-14(18)11(2)20-15(17)12-7-5-6-8-13(12)19-3/h5-8,11,15-16H,4,9-10H2,1-3H3/t11-,15-/m1/s1.